The van der Waals surface area contributed by atoms with E-state index in [1.165, 1.54) is 6.07 Å². The van der Waals surface area contributed by atoms with Gasteiger partial charge in [0.15, 0.2) is 0 Å². The number of amides is 6. The lowest BCUT2D eigenvalue weighted by Crippen LogP contribution is -2.54. The topological polar surface area (TPSA) is 159 Å². The normalized spacial score (nSPS) is 19.8. The van der Waals surface area contributed by atoms with Crippen LogP contribution in [0, 0.1) is 0 Å². The van der Waals surface area contributed by atoms with E-state index < -0.39 is 47.5 Å². The molecule has 0 aromatic heterocycles. The van der Waals surface area contributed by atoms with Crippen molar-refractivity contribution in [2.75, 3.05) is 11.9 Å². The third-order valence-electron chi connectivity index (χ3n) is 6.04. The molecular weight excluding hydrogens is 460 g/mol. The molecule has 35 heavy (non-hydrogen) atoms. The minimum absolute atomic E-state index is 0.0420. The molecule has 12 heteroatoms. The lowest BCUT2D eigenvalue weighted by Gasteiger charge is -2.27. The van der Waals surface area contributed by atoms with Crippen molar-refractivity contribution in [2.24, 2.45) is 0 Å². The van der Waals surface area contributed by atoms with E-state index in [0.717, 1.165) is 4.90 Å². The van der Waals surface area contributed by atoms with Crippen molar-refractivity contribution < 1.29 is 38.4 Å². The first-order chi connectivity index (χ1) is 16.8. The van der Waals surface area contributed by atoms with Crippen LogP contribution in [0.15, 0.2) is 18.2 Å². The second-order valence-electron chi connectivity index (χ2n) is 8.46. The number of unbranched alkanes of at least 4 members (excludes halogenated alkanes) is 2. The molecule has 3 aliphatic rings. The van der Waals surface area contributed by atoms with Crippen LogP contribution in [0.1, 0.15) is 72.1 Å². The molecule has 0 radical (unpaired) electrons. The molecule has 2 saturated heterocycles. The fraction of sp³-hybridized carbons (Fsp3) is 0.435. The summed E-state index contributed by atoms with van der Waals surface area (Å²) in [6, 6.07) is 3.80. The largest absolute Gasteiger partial charge is 0.384 e. The van der Waals surface area contributed by atoms with Gasteiger partial charge in [-0.05, 0) is 31.4 Å². The molecule has 4 rings (SSSR count). The molecule has 0 saturated carbocycles. The number of hydrogen-bond donors (Lipinski definition) is 2. The maximum absolute atomic E-state index is 13.0. The smallest absolute Gasteiger partial charge is 0.333 e. The average molecular weight is 484 g/mol. The van der Waals surface area contributed by atoms with Gasteiger partial charge < -0.3 is 10.2 Å². The molecule has 2 fully saturated rings. The van der Waals surface area contributed by atoms with Gasteiger partial charge in [0, 0.05) is 37.9 Å². The van der Waals surface area contributed by atoms with Gasteiger partial charge in [0.25, 0.3) is 23.6 Å². The van der Waals surface area contributed by atoms with Crippen molar-refractivity contribution in [3.63, 3.8) is 0 Å². The molecule has 1 aromatic carbocycles. The molecule has 184 valence electrons. The summed E-state index contributed by atoms with van der Waals surface area (Å²) >= 11 is 0. The summed E-state index contributed by atoms with van der Waals surface area (Å²) in [6.45, 7) is 0.453. The Morgan fingerprint density at radius 2 is 1.71 bits per heavy atom. The van der Waals surface area contributed by atoms with Crippen LogP contribution in [0.5, 0.6) is 0 Å². The van der Waals surface area contributed by atoms with Gasteiger partial charge in [-0.2, -0.15) is 0 Å². The molecule has 12 nitrogen and oxygen atoms in total. The first-order valence-electron chi connectivity index (χ1n) is 11.4. The molecule has 0 aliphatic carbocycles. The van der Waals surface area contributed by atoms with Gasteiger partial charge in [-0.1, -0.05) is 12.5 Å². The van der Waals surface area contributed by atoms with E-state index in [-0.39, 0.29) is 43.2 Å². The average Bonchev–Trinajstić information content (AvgIpc) is 3.27. The number of imide groups is 3. The number of carbonyl (C=O) groups is 7. The van der Waals surface area contributed by atoms with Crippen LogP contribution in [0.4, 0.5) is 5.69 Å². The highest BCUT2D eigenvalue weighted by Gasteiger charge is 2.45. The number of nitrogens with zero attached hydrogens (tertiary/aromatic N) is 2. The molecule has 1 unspecified atom stereocenters. The molecule has 0 spiro atoms. The molecule has 6 amide bonds. The van der Waals surface area contributed by atoms with Gasteiger partial charge in [0.05, 0.1) is 11.1 Å². The zero-order valence-electron chi connectivity index (χ0n) is 18.8. The van der Waals surface area contributed by atoms with Crippen LogP contribution < -0.4 is 10.6 Å². The van der Waals surface area contributed by atoms with Crippen LogP contribution in [0.2, 0.25) is 0 Å². The van der Waals surface area contributed by atoms with Crippen LogP contribution in [-0.4, -0.2) is 64.0 Å². The molecule has 2 N–H and O–H groups in total. The number of fused-ring (bicyclic) bond motifs is 1. The standard InChI is InChI=1S/C23H24N4O8/c28-16-9-8-15(21(32)25-16)26-22(33)13-5-4-6-14(20(13)23(26)34)24-12-3-1-2-7-19(31)35-27-17(29)10-11-18(27)30/h4-6,15,24H,1-3,7-12H2,(H,25,28,32). The fourth-order valence-corrected chi connectivity index (χ4v) is 4.26. The SMILES string of the molecule is O=C1CCC(N2C(=O)c3cccc(NCCCCCC(=O)ON4C(=O)CCC4=O)c3C2=O)C(=O)N1. The number of piperidine rings is 1. The highest BCUT2D eigenvalue weighted by molar-refractivity contribution is 6.25. The number of hydrogen-bond acceptors (Lipinski definition) is 9. The Kier molecular flexibility index (Phi) is 6.90. The van der Waals surface area contributed by atoms with Crippen LogP contribution in [-0.2, 0) is 28.8 Å². The third kappa shape index (κ3) is 4.91. The summed E-state index contributed by atoms with van der Waals surface area (Å²) in [7, 11) is 0. The van der Waals surface area contributed by atoms with Crippen molar-refractivity contribution in [3.05, 3.63) is 29.3 Å². The van der Waals surface area contributed by atoms with Crippen molar-refractivity contribution in [1.29, 1.82) is 0 Å². The van der Waals surface area contributed by atoms with Gasteiger partial charge in [-0.3, -0.25) is 39.0 Å². The summed E-state index contributed by atoms with van der Waals surface area (Å²) in [5, 5.41) is 5.82. The Balaban J connectivity index is 1.26. The van der Waals surface area contributed by atoms with E-state index >= 15 is 0 Å². The Morgan fingerprint density at radius 3 is 2.43 bits per heavy atom. The molecule has 0 bridgehead atoms. The maximum atomic E-state index is 13.0. The molecule has 1 atom stereocenters. The zero-order chi connectivity index (χ0) is 25.1. The predicted molar refractivity (Wildman–Crippen MR) is 117 cm³/mol. The summed E-state index contributed by atoms with van der Waals surface area (Å²) in [5.74, 6) is -3.95. The summed E-state index contributed by atoms with van der Waals surface area (Å²) in [6.07, 6.45) is 2.01. The second kappa shape index (κ2) is 10.0. The Morgan fingerprint density at radius 1 is 0.971 bits per heavy atom. The Hall–Kier alpha value is -4.09. The molecule has 3 aliphatic heterocycles. The highest BCUT2D eigenvalue weighted by Crippen LogP contribution is 2.32. The minimum atomic E-state index is -1.03. The van der Waals surface area contributed by atoms with E-state index in [0.29, 0.717) is 36.6 Å². The number of rotatable bonds is 9. The van der Waals surface area contributed by atoms with Crippen molar-refractivity contribution in [2.45, 2.75) is 57.4 Å². The number of benzene rings is 1. The van der Waals surface area contributed by atoms with E-state index in [1.54, 1.807) is 12.1 Å². The number of nitrogens with one attached hydrogen (secondary N) is 2. The first kappa shape index (κ1) is 24.0. The maximum Gasteiger partial charge on any atom is 0.333 e. The van der Waals surface area contributed by atoms with Gasteiger partial charge in [0.1, 0.15) is 6.04 Å². The predicted octanol–water partition coefficient (Wildman–Crippen LogP) is 0.667. The van der Waals surface area contributed by atoms with Gasteiger partial charge in [-0.15, -0.1) is 5.06 Å². The zero-order valence-corrected chi connectivity index (χ0v) is 18.8. The second-order valence-corrected chi connectivity index (χ2v) is 8.46. The van der Waals surface area contributed by atoms with Crippen LogP contribution in [0.3, 0.4) is 0 Å². The summed E-state index contributed by atoms with van der Waals surface area (Å²) in [4.78, 5) is 90.0. The van der Waals surface area contributed by atoms with Crippen molar-refractivity contribution in [1.82, 2.24) is 15.3 Å². The quantitative estimate of drug-likeness (QED) is 0.379. The van der Waals surface area contributed by atoms with E-state index in [9.17, 15) is 33.6 Å². The van der Waals surface area contributed by atoms with Gasteiger partial charge >= 0.3 is 5.97 Å². The summed E-state index contributed by atoms with van der Waals surface area (Å²) < 4.78 is 0. The fourth-order valence-electron chi connectivity index (χ4n) is 4.26. The number of hydroxylamine groups is 2. The van der Waals surface area contributed by atoms with Gasteiger partial charge in [0.2, 0.25) is 11.8 Å². The lowest BCUT2D eigenvalue weighted by molar-refractivity contribution is -0.197. The highest BCUT2D eigenvalue weighted by atomic mass is 16.7. The van der Waals surface area contributed by atoms with Gasteiger partial charge in [-0.25, -0.2) is 4.79 Å². The monoisotopic (exact) mass is 484 g/mol. The van der Waals surface area contributed by atoms with E-state index in [4.69, 9.17) is 4.84 Å². The molecular formula is C23H24N4O8. The minimum Gasteiger partial charge on any atom is -0.384 e. The summed E-state index contributed by atoms with van der Waals surface area (Å²) in [5.41, 5.74) is 0.838. The Bertz CT molecular complexity index is 1110. The number of carbonyl (C=O) groups excluding carboxylic acids is 7. The molecule has 1 aromatic rings. The lowest BCUT2D eigenvalue weighted by atomic mass is 10.0. The van der Waals surface area contributed by atoms with Crippen LogP contribution >= 0.6 is 0 Å². The third-order valence-corrected chi connectivity index (χ3v) is 6.04. The Labute approximate surface area is 199 Å². The van der Waals surface area contributed by atoms with E-state index in [2.05, 4.69) is 10.6 Å². The van der Waals surface area contributed by atoms with Crippen LogP contribution in [0.25, 0.3) is 0 Å². The first-order valence-corrected chi connectivity index (χ1v) is 11.4. The number of anilines is 1. The van der Waals surface area contributed by atoms with E-state index in [1.807, 2.05) is 0 Å². The van der Waals surface area contributed by atoms with Crippen molar-refractivity contribution in [3.8, 4) is 0 Å². The molecule has 3 heterocycles. The van der Waals surface area contributed by atoms with Crippen molar-refractivity contribution >= 4 is 47.1 Å².